The fourth-order valence-corrected chi connectivity index (χ4v) is 0.988. The van der Waals surface area contributed by atoms with Crippen molar-refractivity contribution in [1.82, 2.24) is 4.90 Å². The second-order valence-corrected chi connectivity index (χ2v) is 4.49. The van der Waals surface area contributed by atoms with Crippen molar-refractivity contribution in [2.45, 2.75) is 24.3 Å². The molecule has 12 heavy (non-hydrogen) atoms. The van der Waals surface area contributed by atoms with Crippen molar-refractivity contribution in [3.8, 4) is 0 Å². The largest absolute Gasteiger partial charge is 0.401 e. The highest BCUT2D eigenvalue weighted by Crippen LogP contribution is 2.16. The van der Waals surface area contributed by atoms with E-state index >= 15 is 0 Å². The maximum Gasteiger partial charge on any atom is 0.401 e. The molecule has 0 rings (SSSR count). The van der Waals surface area contributed by atoms with Crippen LogP contribution >= 0.6 is 15.9 Å². The number of hydrogen-bond acceptors (Lipinski definition) is 1. The Hall–Kier alpha value is 0.230. The Bertz CT molecular complexity index is 124. The monoisotopic (exact) mass is 247 g/mol. The molecule has 0 N–H and O–H groups in total. The third-order valence-corrected chi connectivity index (χ3v) is 1.82. The molecule has 0 aromatic rings. The van der Waals surface area contributed by atoms with E-state index in [9.17, 15) is 13.2 Å². The van der Waals surface area contributed by atoms with E-state index in [0.29, 0.717) is 6.54 Å². The molecule has 5 heteroatoms. The van der Waals surface area contributed by atoms with Crippen molar-refractivity contribution in [3.63, 3.8) is 0 Å². The third-order valence-electron chi connectivity index (χ3n) is 1.36. The average Bonchev–Trinajstić information content (AvgIpc) is 1.79. The summed E-state index contributed by atoms with van der Waals surface area (Å²) < 4.78 is 35.3. The second kappa shape index (κ2) is 5.07. The van der Waals surface area contributed by atoms with Crippen molar-refractivity contribution >= 4 is 15.9 Å². The van der Waals surface area contributed by atoms with Crippen LogP contribution in [0.5, 0.6) is 0 Å². The van der Waals surface area contributed by atoms with Gasteiger partial charge in [0.1, 0.15) is 0 Å². The summed E-state index contributed by atoms with van der Waals surface area (Å²) in [4.78, 5) is 1.55. The van der Waals surface area contributed by atoms with E-state index in [1.165, 1.54) is 11.9 Å². The zero-order chi connectivity index (χ0) is 9.78. The molecule has 0 saturated carbocycles. The number of nitrogens with zero attached hydrogens (tertiary/aromatic N) is 1. The lowest BCUT2D eigenvalue weighted by atomic mass is 10.3. The summed E-state index contributed by atoms with van der Waals surface area (Å²) in [6.07, 6.45) is -3.35. The molecule has 1 nitrogen and oxygen atoms in total. The minimum atomic E-state index is -4.08. The first-order chi connectivity index (χ1) is 5.31. The molecular formula is C7H13BrF3N. The van der Waals surface area contributed by atoms with Crippen LogP contribution in [-0.2, 0) is 0 Å². The van der Waals surface area contributed by atoms with Crippen molar-refractivity contribution < 1.29 is 13.2 Å². The van der Waals surface area contributed by atoms with Crippen LogP contribution in [0.1, 0.15) is 13.3 Å². The van der Waals surface area contributed by atoms with E-state index in [1.807, 2.05) is 6.92 Å². The van der Waals surface area contributed by atoms with Crippen molar-refractivity contribution in [3.05, 3.63) is 0 Å². The minimum absolute atomic E-state index is 0.271. The first-order valence-corrected chi connectivity index (χ1v) is 4.62. The molecule has 0 aromatic carbocycles. The number of halogens is 4. The van der Waals surface area contributed by atoms with Gasteiger partial charge < -0.3 is 0 Å². The molecule has 0 amide bonds. The molecule has 0 bridgehead atoms. The highest BCUT2D eigenvalue weighted by Gasteiger charge is 2.28. The molecule has 74 valence electrons. The zero-order valence-corrected chi connectivity index (χ0v) is 8.74. The Morgan fingerprint density at radius 2 is 1.92 bits per heavy atom. The second-order valence-electron chi connectivity index (χ2n) is 2.92. The van der Waals surface area contributed by atoms with Gasteiger partial charge in [0, 0.05) is 4.83 Å². The fourth-order valence-electron chi connectivity index (χ4n) is 0.783. The summed E-state index contributed by atoms with van der Waals surface area (Å²) in [6, 6.07) is 0. The van der Waals surface area contributed by atoms with Crippen molar-refractivity contribution in [2.75, 3.05) is 20.1 Å². The Morgan fingerprint density at radius 3 is 2.25 bits per heavy atom. The normalized spacial score (nSPS) is 15.2. The van der Waals surface area contributed by atoms with Crippen LogP contribution in [0.3, 0.4) is 0 Å². The lowest BCUT2D eigenvalue weighted by Crippen LogP contribution is -2.32. The molecule has 1 atom stereocenters. The fraction of sp³-hybridized carbons (Fsp3) is 1.00. The molecule has 0 aromatic heterocycles. The smallest absolute Gasteiger partial charge is 0.298 e. The van der Waals surface area contributed by atoms with Crippen LogP contribution in [0.15, 0.2) is 0 Å². The predicted octanol–water partition coefficient (Wildman–Crippen LogP) is 2.65. The molecular weight excluding hydrogens is 235 g/mol. The summed E-state index contributed by atoms with van der Waals surface area (Å²) in [6.45, 7) is 1.56. The van der Waals surface area contributed by atoms with Gasteiger partial charge in [-0.05, 0) is 20.0 Å². The molecule has 0 aliphatic rings. The first kappa shape index (κ1) is 12.2. The van der Waals surface area contributed by atoms with Crippen LogP contribution < -0.4 is 0 Å². The van der Waals surface area contributed by atoms with Crippen LogP contribution in [-0.4, -0.2) is 36.0 Å². The Morgan fingerprint density at radius 1 is 1.42 bits per heavy atom. The lowest BCUT2D eigenvalue weighted by Gasteiger charge is -2.18. The summed E-state index contributed by atoms with van der Waals surface area (Å²) in [7, 11) is 1.48. The van der Waals surface area contributed by atoms with E-state index in [0.717, 1.165) is 6.42 Å². The highest BCUT2D eigenvalue weighted by atomic mass is 79.9. The van der Waals surface area contributed by atoms with E-state index in [1.54, 1.807) is 0 Å². The van der Waals surface area contributed by atoms with Crippen molar-refractivity contribution in [2.24, 2.45) is 0 Å². The van der Waals surface area contributed by atoms with Gasteiger partial charge >= 0.3 is 6.18 Å². The quantitative estimate of drug-likeness (QED) is 0.691. The maximum atomic E-state index is 11.8. The van der Waals surface area contributed by atoms with Gasteiger partial charge in [-0.2, -0.15) is 13.2 Å². The summed E-state index contributed by atoms with van der Waals surface area (Å²) in [5, 5.41) is 0. The number of alkyl halides is 4. The van der Waals surface area contributed by atoms with Gasteiger partial charge in [0.15, 0.2) is 0 Å². The maximum absolute atomic E-state index is 11.8. The minimum Gasteiger partial charge on any atom is -0.298 e. The molecule has 0 fully saturated rings. The van der Waals surface area contributed by atoms with Gasteiger partial charge in [-0.15, -0.1) is 0 Å². The van der Waals surface area contributed by atoms with Gasteiger partial charge in [-0.25, -0.2) is 0 Å². The molecule has 0 radical (unpaired) electrons. The van der Waals surface area contributed by atoms with Crippen LogP contribution in [0.25, 0.3) is 0 Å². The molecule has 0 saturated heterocycles. The van der Waals surface area contributed by atoms with Gasteiger partial charge in [0.25, 0.3) is 0 Å². The van der Waals surface area contributed by atoms with Gasteiger partial charge in [-0.3, -0.25) is 4.90 Å². The van der Waals surface area contributed by atoms with E-state index < -0.39 is 12.7 Å². The Kier molecular flexibility index (Phi) is 5.16. The van der Waals surface area contributed by atoms with E-state index in [-0.39, 0.29) is 4.83 Å². The van der Waals surface area contributed by atoms with Crippen molar-refractivity contribution in [1.29, 1.82) is 0 Å². The summed E-state index contributed by atoms with van der Waals surface area (Å²) in [5.41, 5.74) is 0. The lowest BCUT2D eigenvalue weighted by molar-refractivity contribution is -0.143. The standard InChI is InChI=1S/C7H13BrF3N/c1-6(8)3-4-12(2)5-7(9,10)11/h6H,3-5H2,1-2H3. The van der Waals surface area contributed by atoms with E-state index in [2.05, 4.69) is 15.9 Å². The van der Waals surface area contributed by atoms with Gasteiger partial charge in [0.2, 0.25) is 0 Å². The average molecular weight is 248 g/mol. The zero-order valence-electron chi connectivity index (χ0n) is 7.16. The summed E-state index contributed by atoms with van der Waals surface area (Å²) >= 11 is 3.27. The van der Waals surface area contributed by atoms with Crippen LogP contribution in [0, 0.1) is 0 Å². The first-order valence-electron chi connectivity index (χ1n) is 3.70. The highest BCUT2D eigenvalue weighted by molar-refractivity contribution is 9.09. The summed E-state index contributed by atoms with van der Waals surface area (Å²) in [5.74, 6) is 0. The molecule has 0 heterocycles. The molecule has 1 unspecified atom stereocenters. The van der Waals surface area contributed by atoms with E-state index in [4.69, 9.17) is 0 Å². The van der Waals surface area contributed by atoms with Crippen LogP contribution in [0.4, 0.5) is 13.2 Å². The topological polar surface area (TPSA) is 3.24 Å². The predicted molar refractivity (Wildman–Crippen MR) is 46.6 cm³/mol. The molecule has 0 spiro atoms. The SMILES string of the molecule is CC(Br)CCN(C)CC(F)(F)F. The molecule has 0 aliphatic heterocycles. The number of rotatable bonds is 4. The van der Waals surface area contributed by atoms with Crippen LogP contribution in [0.2, 0.25) is 0 Å². The Labute approximate surface area is 79.1 Å². The van der Waals surface area contributed by atoms with Gasteiger partial charge in [0.05, 0.1) is 6.54 Å². The Balaban J connectivity index is 3.53. The molecule has 0 aliphatic carbocycles. The third kappa shape index (κ3) is 8.33. The number of hydrogen-bond donors (Lipinski definition) is 0. The van der Waals surface area contributed by atoms with Gasteiger partial charge in [-0.1, -0.05) is 22.9 Å².